The smallest absolute Gasteiger partial charge is 0.231 e. The summed E-state index contributed by atoms with van der Waals surface area (Å²) in [5.74, 6) is 2.63. The Balaban J connectivity index is 0.00000256. The van der Waals surface area contributed by atoms with E-state index in [9.17, 15) is 0 Å². The number of aliphatic imine (C=N–C) groups is 1. The van der Waals surface area contributed by atoms with Gasteiger partial charge in [-0.05, 0) is 17.7 Å². The van der Waals surface area contributed by atoms with Crippen LogP contribution in [-0.2, 0) is 13.1 Å². The predicted octanol–water partition coefficient (Wildman–Crippen LogP) is 2.45. The van der Waals surface area contributed by atoms with Crippen molar-refractivity contribution < 1.29 is 9.47 Å². The van der Waals surface area contributed by atoms with Crippen LogP contribution in [0, 0.1) is 0 Å². The number of rotatable bonds is 5. The van der Waals surface area contributed by atoms with Crippen LogP contribution in [0.3, 0.4) is 0 Å². The Morgan fingerprint density at radius 2 is 1.97 bits per heavy atom. The summed E-state index contributed by atoms with van der Waals surface area (Å²) in [4.78, 5) is 15.9. The SMILES string of the molecule is CN=C(NCc1csc(N(C)C)n1)N1CCN(Cc2ccc3c(c2)OCO3)CC1.I. The van der Waals surface area contributed by atoms with E-state index in [1.165, 1.54) is 5.56 Å². The second-order valence-electron chi connectivity index (χ2n) is 7.37. The molecule has 2 aliphatic rings. The number of anilines is 1. The molecule has 30 heavy (non-hydrogen) atoms. The molecule has 1 N–H and O–H groups in total. The highest BCUT2D eigenvalue weighted by atomic mass is 127. The molecule has 8 nitrogen and oxygen atoms in total. The zero-order valence-electron chi connectivity index (χ0n) is 17.6. The van der Waals surface area contributed by atoms with Crippen LogP contribution in [0.5, 0.6) is 11.5 Å². The lowest BCUT2D eigenvalue weighted by Crippen LogP contribution is -2.52. The van der Waals surface area contributed by atoms with Crippen molar-refractivity contribution >= 4 is 46.4 Å². The lowest BCUT2D eigenvalue weighted by molar-refractivity contribution is 0.171. The number of piperazine rings is 1. The van der Waals surface area contributed by atoms with Crippen LogP contribution in [0.15, 0.2) is 28.6 Å². The normalized spacial score (nSPS) is 16.4. The first-order valence-electron chi connectivity index (χ1n) is 9.80. The largest absolute Gasteiger partial charge is 0.454 e. The molecular weight excluding hydrogens is 515 g/mol. The summed E-state index contributed by atoms with van der Waals surface area (Å²) in [6.45, 7) is 5.82. The maximum atomic E-state index is 5.49. The van der Waals surface area contributed by atoms with Crippen molar-refractivity contribution in [2.45, 2.75) is 13.1 Å². The number of guanidine groups is 1. The Labute approximate surface area is 198 Å². The molecule has 4 rings (SSSR count). The van der Waals surface area contributed by atoms with Crippen LogP contribution in [0.25, 0.3) is 0 Å². The number of fused-ring (bicyclic) bond motifs is 1. The van der Waals surface area contributed by atoms with Crippen molar-refractivity contribution in [2.24, 2.45) is 4.99 Å². The lowest BCUT2D eigenvalue weighted by atomic mass is 10.1. The van der Waals surface area contributed by atoms with E-state index in [0.29, 0.717) is 13.3 Å². The van der Waals surface area contributed by atoms with Crippen molar-refractivity contribution in [1.29, 1.82) is 0 Å². The van der Waals surface area contributed by atoms with Crippen LogP contribution < -0.4 is 19.7 Å². The Bertz CT molecular complexity index is 867. The topological polar surface area (TPSA) is 65.5 Å². The molecule has 0 saturated carbocycles. The van der Waals surface area contributed by atoms with Crippen molar-refractivity contribution in [3.63, 3.8) is 0 Å². The van der Waals surface area contributed by atoms with Gasteiger partial charge in [-0.15, -0.1) is 35.3 Å². The lowest BCUT2D eigenvalue weighted by Gasteiger charge is -2.36. The van der Waals surface area contributed by atoms with Crippen molar-refractivity contribution in [3.05, 3.63) is 34.8 Å². The van der Waals surface area contributed by atoms with Gasteiger partial charge in [-0.3, -0.25) is 9.89 Å². The molecule has 0 atom stereocenters. The molecule has 1 fully saturated rings. The predicted molar refractivity (Wildman–Crippen MR) is 131 cm³/mol. The molecule has 0 amide bonds. The van der Waals surface area contributed by atoms with Crippen molar-refractivity contribution in [3.8, 4) is 11.5 Å². The molecule has 1 aromatic carbocycles. The first kappa shape index (κ1) is 22.9. The molecule has 2 aliphatic heterocycles. The monoisotopic (exact) mass is 544 g/mol. The first-order valence-corrected chi connectivity index (χ1v) is 10.7. The van der Waals surface area contributed by atoms with Crippen molar-refractivity contribution in [2.75, 3.05) is 59.0 Å². The van der Waals surface area contributed by atoms with Gasteiger partial charge < -0.3 is 24.6 Å². The third-order valence-electron chi connectivity index (χ3n) is 5.08. The zero-order chi connectivity index (χ0) is 20.2. The molecule has 3 heterocycles. The van der Waals surface area contributed by atoms with Gasteiger partial charge in [-0.1, -0.05) is 6.07 Å². The van der Waals surface area contributed by atoms with Gasteiger partial charge in [0.1, 0.15) is 0 Å². The first-order chi connectivity index (χ1) is 14.1. The standard InChI is InChI=1S/C20H28N6O2S.HI/c1-21-19(22-11-16-13-29-20(23-16)24(2)3)26-8-6-25(7-9-26)12-15-4-5-17-18(10-15)28-14-27-17;/h4-5,10,13H,6-9,11-12,14H2,1-3H3,(H,21,22);1H. The summed E-state index contributed by atoms with van der Waals surface area (Å²) in [5, 5.41) is 6.57. The van der Waals surface area contributed by atoms with Gasteiger partial charge in [0.15, 0.2) is 22.6 Å². The van der Waals surface area contributed by atoms with Crippen LogP contribution in [0.2, 0.25) is 0 Å². The molecule has 1 aromatic heterocycles. The number of aromatic nitrogens is 1. The molecule has 0 bridgehead atoms. The molecule has 0 spiro atoms. The highest BCUT2D eigenvalue weighted by molar-refractivity contribution is 14.0. The molecule has 0 unspecified atom stereocenters. The molecule has 10 heteroatoms. The van der Waals surface area contributed by atoms with Crippen LogP contribution >= 0.6 is 35.3 Å². The summed E-state index contributed by atoms with van der Waals surface area (Å²) >= 11 is 1.66. The van der Waals surface area contributed by atoms with Gasteiger partial charge >= 0.3 is 0 Å². The van der Waals surface area contributed by atoms with Gasteiger partial charge in [0.05, 0.1) is 12.2 Å². The summed E-state index contributed by atoms with van der Waals surface area (Å²) in [6.07, 6.45) is 0. The average molecular weight is 544 g/mol. The maximum Gasteiger partial charge on any atom is 0.231 e. The second-order valence-corrected chi connectivity index (χ2v) is 8.20. The molecule has 2 aromatic rings. The number of thiazole rings is 1. The number of benzene rings is 1. The Hall–Kier alpha value is -1.79. The van der Waals surface area contributed by atoms with E-state index in [-0.39, 0.29) is 24.0 Å². The van der Waals surface area contributed by atoms with E-state index in [1.54, 1.807) is 11.3 Å². The highest BCUT2D eigenvalue weighted by Crippen LogP contribution is 2.32. The van der Waals surface area contributed by atoms with E-state index in [4.69, 9.17) is 9.47 Å². The number of halogens is 1. The molecule has 164 valence electrons. The van der Waals surface area contributed by atoms with Crippen LogP contribution in [0.4, 0.5) is 5.13 Å². The van der Waals surface area contributed by atoms with Gasteiger partial charge in [-0.2, -0.15) is 0 Å². The van der Waals surface area contributed by atoms with Crippen LogP contribution in [-0.4, -0.2) is 74.9 Å². The fourth-order valence-corrected chi connectivity index (χ4v) is 4.26. The molecule has 0 radical (unpaired) electrons. The Kier molecular flexibility index (Phi) is 8.00. The third-order valence-corrected chi connectivity index (χ3v) is 6.13. The van der Waals surface area contributed by atoms with E-state index in [0.717, 1.165) is 61.0 Å². The maximum absolute atomic E-state index is 5.49. The fraction of sp³-hybridized carbons (Fsp3) is 0.500. The van der Waals surface area contributed by atoms with Gasteiger partial charge in [-0.25, -0.2) is 4.98 Å². The van der Waals surface area contributed by atoms with E-state index in [1.807, 2.05) is 32.1 Å². The quantitative estimate of drug-likeness (QED) is 0.353. The van der Waals surface area contributed by atoms with E-state index >= 15 is 0 Å². The minimum absolute atomic E-state index is 0. The number of nitrogens with one attached hydrogen (secondary N) is 1. The van der Waals surface area contributed by atoms with E-state index < -0.39 is 0 Å². The fourth-order valence-electron chi connectivity index (χ4n) is 3.50. The summed E-state index contributed by atoms with van der Waals surface area (Å²) in [5.41, 5.74) is 2.30. The number of nitrogens with zero attached hydrogens (tertiary/aromatic N) is 5. The molecular formula is C20H29IN6O2S. The van der Waals surface area contributed by atoms with Crippen LogP contribution in [0.1, 0.15) is 11.3 Å². The minimum Gasteiger partial charge on any atom is -0.454 e. The zero-order valence-corrected chi connectivity index (χ0v) is 20.8. The molecule has 0 aliphatic carbocycles. The molecule has 1 saturated heterocycles. The van der Waals surface area contributed by atoms with Gasteiger partial charge in [0.25, 0.3) is 0 Å². The summed E-state index contributed by atoms with van der Waals surface area (Å²) in [7, 11) is 5.86. The number of ether oxygens (including phenoxy) is 2. The second kappa shape index (κ2) is 10.5. The number of hydrogen-bond donors (Lipinski definition) is 1. The number of hydrogen-bond acceptors (Lipinski definition) is 7. The summed E-state index contributed by atoms with van der Waals surface area (Å²) in [6, 6.07) is 6.21. The Morgan fingerprint density at radius 3 is 2.67 bits per heavy atom. The minimum atomic E-state index is 0. The summed E-state index contributed by atoms with van der Waals surface area (Å²) < 4.78 is 10.9. The van der Waals surface area contributed by atoms with Crippen molar-refractivity contribution in [1.82, 2.24) is 20.1 Å². The van der Waals surface area contributed by atoms with Gasteiger partial charge in [0, 0.05) is 59.2 Å². The van der Waals surface area contributed by atoms with Gasteiger partial charge in [0.2, 0.25) is 6.79 Å². The average Bonchev–Trinajstić information content (AvgIpc) is 3.39. The third kappa shape index (κ3) is 5.46. The Morgan fingerprint density at radius 1 is 1.20 bits per heavy atom. The van der Waals surface area contributed by atoms with E-state index in [2.05, 4.69) is 42.6 Å². The highest BCUT2D eigenvalue weighted by Gasteiger charge is 2.21.